The van der Waals surface area contributed by atoms with Crippen LogP contribution in [-0.4, -0.2) is 65.3 Å². The normalized spacial score (nSPS) is 11.5. The first-order valence-electron chi connectivity index (χ1n) is 6.61. The second-order valence-corrected chi connectivity index (χ2v) is 9.80. The summed E-state index contributed by atoms with van der Waals surface area (Å²) in [4.78, 5) is 27.5. The molecule has 25 heavy (non-hydrogen) atoms. The number of likely N-dealkylation sites (N-methyl/N-ethyl adjacent to an activating group) is 1. The minimum absolute atomic E-state index is 0.124. The van der Waals surface area contributed by atoms with Gasteiger partial charge in [-0.05, 0) is 0 Å². The van der Waals surface area contributed by atoms with Crippen LogP contribution in [0.25, 0.3) is 0 Å². The zero-order valence-corrected chi connectivity index (χ0v) is 16.4. The van der Waals surface area contributed by atoms with E-state index in [1.54, 1.807) is 11.6 Å². The van der Waals surface area contributed by atoms with Gasteiger partial charge in [0.25, 0.3) is 0 Å². The predicted molar refractivity (Wildman–Crippen MR) is 97.5 cm³/mol. The van der Waals surface area contributed by atoms with E-state index in [1.807, 2.05) is 0 Å². The van der Waals surface area contributed by atoms with E-state index in [-0.39, 0.29) is 23.3 Å². The summed E-state index contributed by atoms with van der Waals surface area (Å²) >= 11 is 3.58. The molecule has 0 fully saturated rings. The quantitative estimate of drug-likeness (QED) is 0.465. The summed E-state index contributed by atoms with van der Waals surface area (Å²) in [6, 6.07) is 0. The zero-order valence-electron chi connectivity index (χ0n) is 13.1. The van der Waals surface area contributed by atoms with Gasteiger partial charge in [0.2, 0.25) is 27.0 Å². The van der Waals surface area contributed by atoms with Gasteiger partial charge in [-0.25, -0.2) is 13.4 Å². The van der Waals surface area contributed by atoms with Crippen LogP contribution in [0, 0.1) is 0 Å². The fourth-order valence-electron chi connectivity index (χ4n) is 1.36. The Bertz CT molecular complexity index is 835. The maximum atomic E-state index is 11.8. The lowest BCUT2D eigenvalue weighted by Crippen LogP contribution is -2.34. The molecule has 2 aromatic heterocycles. The van der Waals surface area contributed by atoms with E-state index in [1.165, 1.54) is 30.1 Å². The third kappa shape index (κ3) is 6.66. The van der Waals surface area contributed by atoms with Gasteiger partial charge in [-0.15, -0.1) is 21.5 Å². The van der Waals surface area contributed by atoms with Crippen LogP contribution in [0.5, 0.6) is 0 Å². The second kappa shape index (κ2) is 8.66. The number of thioether (sulfide) groups is 1. The van der Waals surface area contributed by atoms with Gasteiger partial charge in [0, 0.05) is 18.6 Å². The van der Waals surface area contributed by atoms with Crippen LogP contribution in [0.15, 0.2) is 15.9 Å². The van der Waals surface area contributed by atoms with Gasteiger partial charge < -0.3 is 5.32 Å². The van der Waals surface area contributed by atoms with Crippen molar-refractivity contribution in [2.24, 2.45) is 0 Å². The van der Waals surface area contributed by atoms with Crippen LogP contribution in [-0.2, 0) is 19.6 Å². The lowest BCUT2D eigenvalue weighted by Gasteiger charge is -2.12. The van der Waals surface area contributed by atoms with Crippen LogP contribution in [0.4, 0.5) is 10.3 Å². The van der Waals surface area contributed by atoms with Crippen LogP contribution in [0.3, 0.4) is 0 Å². The summed E-state index contributed by atoms with van der Waals surface area (Å²) in [6.07, 6.45) is 2.60. The van der Waals surface area contributed by atoms with Crippen molar-refractivity contribution in [3.05, 3.63) is 11.6 Å². The summed E-state index contributed by atoms with van der Waals surface area (Å²) in [5.74, 6) is -0.628. The third-order valence-electron chi connectivity index (χ3n) is 2.59. The molecular weight excluding hydrogens is 408 g/mol. The van der Waals surface area contributed by atoms with Crippen molar-refractivity contribution < 1.29 is 18.0 Å². The van der Waals surface area contributed by atoms with E-state index >= 15 is 0 Å². The van der Waals surface area contributed by atoms with Gasteiger partial charge in [-0.3, -0.25) is 14.9 Å². The van der Waals surface area contributed by atoms with Crippen LogP contribution < -0.4 is 10.6 Å². The molecular formula is C11H14N6O4S4. The van der Waals surface area contributed by atoms with Crippen LogP contribution in [0.2, 0.25) is 0 Å². The number of anilines is 2. The number of hydrogen-bond donors (Lipinski definition) is 2. The van der Waals surface area contributed by atoms with Crippen molar-refractivity contribution in [3.63, 3.8) is 0 Å². The Labute approximate surface area is 156 Å². The van der Waals surface area contributed by atoms with Gasteiger partial charge in [0.1, 0.15) is 0 Å². The molecule has 0 aromatic carbocycles. The summed E-state index contributed by atoms with van der Waals surface area (Å²) in [7, 11) is -2.13. The van der Waals surface area contributed by atoms with Crippen molar-refractivity contribution in [2.75, 3.05) is 36.2 Å². The van der Waals surface area contributed by atoms with Gasteiger partial charge in [-0.1, -0.05) is 23.1 Å². The highest BCUT2D eigenvalue weighted by Gasteiger charge is 2.17. The fourth-order valence-corrected chi connectivity index (χ4v) is 3.83. The molecule has 0 spiro atoms. The number of hydrogen-bond acceptors (Lipinski definition) is 10. The monoisotopic (exact) mass is 422 g/mol. The molecule has 2 rings (SSSR count). The Hall–Kier alpha value is -1.61. The summed E-state index contributed by atoms with van der Waals surface area (Å²) in [6.45, 7) is -0.322. The first-order valence-corrected chi connectivity index (χ1v) is 11.1. The third-order valence-corrected chi connectivity index (χ3v) is 6.51. The summed E-state index contributed by atoms with van der Waals surface area (Å²) in [5, 5.41) is 15.3. The van der Waals surface area contributed by atoms with E-state index in [0.29, 0.717) is 9.47 Å². The maximum Gasteiger partial charge on any atom is 0.241 e. The molecule has 0 aliphatic carbocycles. The molecule has 0 saturated heterocycles. The molecule has 136 valence electrons. The highest BCUT2D eigenvalue weighted by atomic mass is 32.2. The smallest absolute Gasteiger partial charge is 0.241 e. The molecule has 0 aliphatic heterocycles. The van der Waals surface area contributed by atoms with Crippen molar-refractivity contribution in [1.29, 1.82) is 0 Å². The molecule has 0 bridgehead atoms. The fraction of sp³-hybridized carbons (Fsp3) is 0.364. The molecule has 0 aliphatic rings. The average molecular weight is 423 g/mol. The minimum Gasteiger partial charge on any atom is -0.301 e. The Kier molecular flexibility index (Phi) is 6.83. The highest BCUT2D eigenvalue weighted by molar-refractivity contribution is 8.01. The number of carbonyl (C=O) groups is 2. The number of nitrogens with one attached hydrogen (secondary N) is 2. The Morgan fingerprint density at radius 1 is 1.24 bits per heavy atom. The van der Waals surface area contributed by atoms with Crippen molar-refractivity contribution in [3.8, 4) is 0 Å². The summed E-state index contributed by atoms with van der Waals surface area (Å²) in [5.41, 5.74) is 0. The SMILES string of the molecule is CN(CC(=O)Nc1nnc(SCC(=O)Nc2nccs2)s1)S(C)(=O)=O. The van der Waals surface area contributed by atoms with Crippen LogP contribution >= 0.6 is 34.4 Å². The molecule has 0 atom stereocenters. The van der Waals surface area contributed by atoms with Crippen molar-refractivity contribution in [2.45, 2.75) is 4.34 Å². The van der Waals surface area contributed by atoms with Gasteiger partial charge in [0.05, 0.1) is 18.6 Å². The van der Waals surface area contributed by atoms with E-state index in [9.17, 15) is 18.0 Å². The van der Waals surface area contributed by atoms with E-state index < -0.39 is 15.9 Å². The number of nitrogens with zero attached hydrogens (tertiary/aromatic N) is 4. The highest BCUT2D eigenvalue weighted by Crippen LogP contribution is 2.25. The topological polar surface area (TPSA) is 134 Å². The lowest BCUT2D eigenvalue weighted by atomic mass is 10.6. The Balaban J connectivity index is 1.79. The molecule has 2 aromatic rings. The number of rotatable bonds is 8. The standard InChI is InChI=1S/C11H14N6O4S4/c1-17(25(2,20)21)5-7(18)13-10-15-16-11(24-10)23-6-8(19)14-9-12-3-4-22-9/h3-4H,5-6H2,1-2H3,(H,12,14,19)(H,13,15,18). The first kappa shape index (κ1) is 19.7. The van der Waals surface area contributed by atoms with Gasteiger partial charge >= 0.3 is 0 Å². The number of carbonyl (C=O) groups excluding carboxylic acids is 2. The molecule has 14 heteroatoms. The van der Waals surface area contributed by atoms with Crippen molar-refractivity contribution in [1.82, 2.24) is 19.5 Å². The number of sulfonamides is 1. The van der Waals surface area contributed by atoms with E-state index in [0.717, 1.165) is 21.9 Å². The second-order valence-electron chi connectivity index (χ2n) is 4.61. The lowest BCUT2D eigenvalue weighted by molar-refractivity contribution is -0.116. The molecule has 2 N–H and O–H groups in total. The van der Waals surface area contributed by atoms with E-state index in [4.69, 9.17) is 0 Å². The largest absolute Gasteiger partial charge is 0.301 e. The molecule has 0 unspecified atom stereocenters. The molecule has 2 amide bonds. The van der Waals surface area contributed by atoms with E-state index in [2.05, 4.69) is 25.8 Å². The minimum atomic E-state index is -3.44. The van der Waals surface area contributed by atoms with Gasteiger partial charge in [0.15, 0.2) is 9.47 Å². The Morgan fingerprint density at radius 3 is 2.60 bits per heavy atom. The predicted octanol–water partition coefficient (Wildman–Crippen LogP) is 0.555. The van der Waals surface area contributed by atoms with Crippen LogP contribution in [0.1, 0.15) is 0 Å². The first-order chi connectivity index (χ1) is 11.7. The van der Waals surface area contributed by atoms with Crippen molar-refractivity contribution >= 4 is 66.5 Å². The Morgan fingerprint density at radius 2 is 1.96 bits per heavy atom. The summed E-state index contributed by atoms with van der Waals surface area (Å²) < 4.78 is 23.9. The number of amides is 2. The zero-order chi connectivity index (χ0) is 18.4. The van der Waals surface area contributed by atoms with Gasteiger partial charge in [-0.2, -0.15) is 4.31 Å². The average Bonchev–Trinajstić information content (AvgIpc) is 3.16. The maximum absolute atomic E-state index is 11.8. The molecule has 0 saturated carbocycles. The molecule has 2 heterocycles. The molecule has 0 radical (unpaired) electrons. The number of aromatic nitrogens is 3. The molecule has 10 nitrogen and oxygen atoms in total. The number of thiazole rings is 1.